The number of aromatic amines is 1. The predicted molar refractivity (Wildman–Crippen MR) is 56.3 cm³/mol. The molecular formula is C10H13N5. The topological polar surface area (TPSA) is 70.8 Å². The lowest BCUT2D eigenvalue weighted by Gasteiger charge is -2.13. The quantitative estimate of drug-likeness (QED) is 0.566. The Morgan fingerprint density at radius 1 is 1.20 bits per heavy atom. The number of hydrogen-bond acceptors (Lipinski definition) is 4. The van der Waals surface area contributed by atoms with Crippen LogP contribution in [0.1, 0.15) is 11.5 Å². The molecule has 0 radical (unpaired) electrons. The molecule has 15 heavy (non-hydrogen) atoms. The highest BCUT2D eigenvalue weighted by Gasteiger charge is 2.03. The van der Waals surface area contributed by atoms with Gasteiger partial charge in [-0.25, -0.2) is 9.99 Å². The van der Waals surface area contributed by atoms with Crippen LogP contribution in [0, 0.1) is 0 Å². The Kier molecular flexibility index (Phi) is 3.06. The molecule has 0 aliphatic rings. The van der Waals surface area contributed by atoms with Gasteiger partial charge in [0.05, 0.1) is 18.8 Å². The first kappa shape index (κ1) is 9.82. The van der Waals surface area contributed by atoms with Crippen LogP contribution >= 0.6 is 0 Å². The number of nitrogens with zero attached hydrogens (tertiary/aromatic N) is 3. The fourth-order valence-corrected chi connectivity index (χ4v) is 1.33. The van der Waals surface area contributed by atoms with Crippen LogP contribution in [-0.4, -0.2) is 20.0 Å². The molecule has 0 aliphatic heterocycles. The fourth-order valence-electron chi connectivity index (χ4n) is 1.33. The number of aromatic nitrogens is 3. The van der Waals surface area contributed by atoms with Gasteiger partial charge in [0, 0.05) is 18.6 Å². The van der Waals surface area contributed by atoms with Gasteiger partial charge in [-0.1, -0.05) is 6.07 Å². The highest BCUT2D eigenvalue weighted by molar-refractivity contribution is 5.03. The molecule has 2 heterocycles. The molecule has 0 aliphatic carbocycles. The van der Waals surface area contributed by atoms with Crippen LogP contribution in [0.3, 0.4) is 0 Å². The largest absolute Gasteiger partial charge is 0.347 e. The van der Waals surface area contributed by atoms with E-state index in [9.17, 15) is 0 Å². The average Bonchev–Trinajstić information content (AvgIpc) is 2.71. The van der Waals surface area contributed by atoms with Crippen molar-refractivity contribution in [1.82, 2.24) is 20.0 Å². The van der Waals surface area contributed by atoms with Gasteiger partial charge in [-0.05, 0) is 12.1 Å². The Labute approximate surface area is 87.9 Å². The molecule has 5 heteroatoms. The van der Waals surface area contributed by atoms with E-state index in [0.717, 1.165) is 11.5 Å². The molecule has 0 unspecified atom stereocenters. The van der Waals surface area contributed by atoms with Crippen molar-refractivity contribution in [1.29, 1.82) is 0 Å². The third-order valence-electron chi connectivity index (χ3n) is 2.00. The first-order valence-electron chi connectivity index (χ1n) is 4.72. The van der Waals surface area contributed by atoms with Gasteiger partial charge >= 0.3 is 0 Å². The van der Waals surface area contributed by atoms with E-state index in [4.69, 9.17) is 5.84 Å². The van der Waals surface area contributed by atoms with Crippen LogP contribution in [0.15, 0.2) is 36.8 Å². The first-order chi connectivity index (χ1) is 7.34. The zero-order valence-corrected chi connectivity index (χ0v) is 8.30. The summed E-state index contributed by atoms with van der Waals surface area (Å²) in [4.78, 5) is 11.3. The number of hydrogen-bond donors (Lipinski definition) is 2. The molecule has 0 fully saturated rings. The van der Waals surface area contributed by atoms with Crippen molar-refractivity contribution in [3.8, 4) is 0 Å². The van der Waals surface area contributed by atoms with Crippen molar-refractivity contribution in [3.63, 3.8) is 0 Å². The number of nitrogens with two attached hydrogens (primary N) is 1. The molecule has 5 nitrogen and oxygen atoms in total. The van der Waals surface area contributed by atoms with Crippen LogP contribution < -0.4 is 5.84 Å². The second-order valence-electron chi connectivity index (χ2n) is 3.26. The van der Waals surface area contributed by atoms with Crippen LogP contribution in [-0.2, 0) is 13.1 Å². The van der Waals surface area contributed by atoms with E-state index < -0.39 is 0 Å². The van der Waals surface area contributed by atoms with Crippen molar-refractivity contribution < 1.29 is 0 Å². The van der Waals surface area contributed by atoms with Crippen LogP contribution in [0.4, 0.5) is 0 Å². The molecule has 2 rings (SSSR count). The van der Waals surface area contributed by atoms with Gasteiger partial charge in [-0.15, -0.1) is 0 Å². The normalized spacial score (nSPS) is 10.8. The van der Waals surface area contributed by atoms with Crippen LogP contribution in [0.5, 0.6) is 0 Å². The summed E-state index contributed by atoms with van der Waals surface area (Å²) in [5.74, 6) is 6.69. The van der Waals surface area contributed by atoms with E-state index in [0.29, 0.717) is 13.1 Å². The summed E-state index contributed by atoms with van der Waals surface area (Å²) >= 11 is 0. The highest BCUT2D eigenvalue weighted by atomic mass is 15.4. The summed E-state index contributed by atoms with van der Waals surface area (Å²) in [6, 6.07) is 5.78. The fraction of sp³-hybridized carbons (Fsp3) is 0.200. The molecule has 2 aromatic rings. The van der Waals surface area contributed by atoms with E-state index >= 15 is 0 Å². The molecular weight excluding hydrogens is 190 g/mol. The van der Waals surface area contributed by atoms with Gasteiger partial charge in [0.25, 0.3) is 0 Å². The Hall–Kier alpha value is -1.72. The van der Waals surface area contributed by atoms with Crippen molar-refractivity contribution in [3.05, 3.63) is 48.3 Å². The maximum atomic E-state index is 5.83. The maximum absolute atomic E-state index is 5.83. The molecule has 0 bridgehead atoms. The van der Waals surface area contributed by atoms with Crippen molar-refractivity contribution in [2.24, 2.45) is 5.84 Å². The van der Waals surface area contributed by atoms with Gasteiger partial charge in [0.15, 0.2) is 0 Å². The minimum Gasteiger partial charge on any atom is -0.347 e. The van der Waals surface area contributed by atoms with E-state index in [2.05, 4.69) is 15.0 Å². The van der Waals surface area contributed by atoms with E-state index in [1.807, 2.05) is 18.2 Å². The molecule has 3 N–H and O–H groups in total. The zero-order valence-electron chi connectivity index (χ0n) is 8.30. The molecule has 2 aromatic heterocycles. The van der Waals surface area contributed by atoms with Crippen LogP contribution in [0.25, 0.3) is 0 Å². The van der Waals surface area contributed by atoms with Crippen molar-refractivity contribution >= 4 is 0 Å². The van der Waals surface area contributed by atoms with Gasteiger partial charge < -0.3 is 4.98 Å². The number of imidazole rings is 1. The zero-order chi connectivity index (χ0) is 10.5. The monoisotopic (exact) mass is 203 g/mol. The van der Waals surface area contributed by atoms with Crippen LogP contribution in [0.2, 0.25) is 0 Å². The van der Waals surface area contributed by atoms with Gasteiger partial charge in [-0.2, -0.15) is 0 Å². The molecule has 0 aromatic carbocycles. The molecule has 0 saturated heterocycles. The van der Waals surface area contributed by atoms with E-state index in [1.165, 1.54) is 0 Å². The second-order valence-corrected chi connectivity index (χ2v) is 3.26. The maximum Gasteiger partial charge on any atom is 0.121 e. The standard InChI is InChI=1S/C10H13N5/c11-15(8-10-13-5-6-14-10)7-9-3-1-2-4-12-9/h1-6H,7-8,11H2,(H,13,14). The Morgan fingerprint density at radius 3 is 2.80 bits per heavy atom. The van der Waals surface area contributed by atoms with E-state index in [1.54, 1.807) is 23.6 Å². The minimum absolute atomic E-state index is 0.587. The van der Waals surface area contributed by atoms with Gasteiger partial charge in [0.2, 0.25) is 0 Å². The van der Waals surface area contributed by atoms with Crippen molar-refractivity contribution in [2.75, 3.05) is 0 Å². The summed E-state index contributed by atoms with van der Waals surface area (Å²) in [6.07, 6.45) is 5.25. The molecule has 0 spiro atoms. The van der Waals surface area contributed by atoms with Gasteiger partial charge in [-0.3, -0.25) is 10.8 Å². The average molecular weight is 203 g/mol. The Balaban J connectivity index is 1.90. The third kappa shape index (κ3) is 2.87. The smallest absolute Gasteiger partial charge is 0.121 e. The predicted octanol–water partition coefficient (Wildman–Crippen LogP) is 0.681. The van der Waals surface area contributed by atoms with Crippen molar-refractivity contribution in [2.45, 2.75) is 13.1 Å². The summed E-state index contributed by atoms with van der Waals surface area (Å²) in [5, 5.41) is 1.67. The minimum atomic E-state index is 0.587. The summed E-state index contributed by atoms with van der Waals surface area (Å²) in [7, 11) is 0. The Morgan fingerprint density at radius 2 is 2.13 bits per heavy atom. The van der Waals surface area contributed by atoms with Gasteiger partial charge in [0.1, 0.15) is 5.82 Å². The molecule has 78 valence electrons. The number of nitrogens with one attached hydrogen (secondary N) is 1. The lowest BCUT2D eigenvalue weighted by molar-refractivity contribution is 0.256. The number of hydrazine groups is 1. The highest BCUT2D eigenvalue weighted by Crippen LogP contribution is 2.00. The SMILES string of the molecule is NN(Cc1ccccn1)Cc1ncc[nH]1. The third-order valence-corrected chi connectivity index (χ3v) is 2.00. The number of H-pyrrole nitrogens is 1. The second kappa shape index (κ2) is 4.68. The lowest BCUT2D eigenvalue weighted by Crippen LogP contribution is -2.30. The molecule has 0 amide bonds. The first-order valence-corrected chi connectivity index (χ1v) is 4.72. The molecule has 0 atom stereocenters. The molecule has 0 saturated carbocycles. The number of rotatable bonds is 4. The number of pyridine rings is 1. The Bertz CT molecular complexity index is 383. The van der Waals surface area contributed by atoms with E-state index in [-0.39, 0.29) is 0 Å². The summed E-state index contributed by atoms with van der Waals surface area (Å²) < 4.78 is 0. The lowest BCUT2D eigenvalue weighted by atomic mass is 10.3. The summed E-state index contributed by atoms with van der Waals surface area (Å²) in [6.45, 7) is 1.20. The summed E-state index contributed by atoms with van der Waals surface area (Å²) in [5.41, 5.74) is 0.951.